The molecule has 1 aliphatic rings. The molecular formula is C12H10N3O7-. The number of nitrogens with zero attached hydrogens (tertiary/aromatic N) is 3. The van der Waals surface area contributed by atoms with Gasteiger partial charge in [0.1, 0.15) is 0 Å². The standard InChI is InChI=1S/C12H11N3O7/c16-11(13-3-1-2-10(13)12(17)18)7-4-8(14(19)20)6-9(5-7)15(21)22/h4-6,10H,1-3H2,(H,17,18)/p-1/t10-/m0/s1. The van der Waals surface area contributed by atoms with Crippen LogP contribution in [-0.4, -0.2) is 39.2 Å². The minimum atomic E-state index is -1.43. The summed E-state index contributed by atoms with van der Waals surface area (Å²) in [5.74, 6) is -2.23. The molecule has 0 bridgehead atoms. The molecular weight excluding hydrogens is 298 g/mol. The summed E-state index contributed by atoms with van der Waals surface area (Å²) in [5, 5.41) is 32.6. The Hall–Kier alpha value is -3.04. The fraction of sp³-hybridized carbons (Fsp3) is 0.333. The van der Waals surface area contributed by atoms with Crippen molar-refractivity contribution in [2.24, 2.45) is 0 Å². The molecule has 1 heterocycles. The first-order chi connectivity index (χ1) is 10.3. The van der Waals surface area contributed by atoms with Crippen LogP contribution in [0.5, 0.6) is 0 Å². The van der Waals surface area contributed by atoms with Gasteiger partial charge in [0.2, 0.25) is 0 Å². The molecule has 1 aliphatic heterocycles. The lowest BCUT2D eigenvalue weighted by Gasteiger charge is -2.25. The van der Waals surface area contributed by atoms with E-state index in [-0.39, 0.29) is 18.5 Å². The third kappa shape index (κ3) is 2.85. The number of nitro benzene ring substituents is 2. The van der Waals surface area contributed by atoms with Gasteiger partial charge in [-0.3, -0.25) is 25.0 Å². The van der Waals surface area contributed by atoms with Gasteiger partial charge in [0.25, 0.3) is 17.3 Å². The zero-order chi connectivity index (χ0) is 16.4. The SMILES string of the molecule is O=C([O-])[C@@H]1CCCN1C(=O)c1cc([N+](=O)[O-])cc([N+](=O)[O-])c1. The van der Waals surface area contributed by atoms with Crippen LogP contribution < -0.4 is 5.11 Å². The zero-order valence-electron chi connectivity index (χ0n) is 11.1. The Kier molecular flexibility index (Phi) is 4.02. The number of amides is 1. The molecule has 0 aliphatic carbocycles. The van der Waals surface area contributed by atoms with E-state index in [1.807, 2.05) is 0 Å². The van der Waals surface area contributed by atoms with Crippen molar-refractivity contribution < 1.29 is 24.5 Å². The molecule has 0 radical (unpaired) electrons. The molecule has 0 N–H and O–H groups in total. The summed E-state index contributed by atoms with van der Waals surface area (Å²) in [6.45, 7) is 0.147. The highest BCUT2D eigenvalue weighted by atomic mass is 16.6. The van der Waals surface area contributed by atoms with Gasteiger partial charge >= 0.3 is 0 Å². The van der Waals surface area contributed by atoms with Crippen molar-refractivity contribution in [1.29, 1.82) is 0 Å². The number of benzene rings is 1. The van der Waals surface area contributed by atoms with Gasteiger partial charge in [-0.1, -0.05) is 0 Å². The maximum Gasteiger partial charge on any atom is 0.277 e. The van der Waals surface area contributed by atoms with Crippen molar-refractivity contribution >= 4 is 23.3 Å². The number of nitro groups is 2. The summed E-state index contributed by atoms with van der Waals surface area (Å²) >= 11 is 0. The number of rotatable bonds is 4. The highest BCUT2D eigenvalue weighted by molar-refractivity contribution is 5.98. The van der Waals surface area contributed by atoms with E-state index >= 15 is 0 Å². The predicted molar refractivity (Wildman–Crippen MR) is 68.8 cm³/mol. The Bertz CT molecular complexity index is 640. The Morgan fingerprint density at radius 2 is 1.64 bits per heavy atom. The van der Waals surface area contributed by atoms with Gasteiger partial charge in [-0.25, -0.2) is 0 Å². The molecule has 0 aromatic heterocycles. The molecule has 2 rings (SSSR count). The van der Waals surface area contributed by atoms with Crippen molar-refractivity contribution in [2.45, 2.75) is 18.9 Å². The van der Waals surface area contributed by atoms with Crippen LogP contribution in [0.25, 0.3) is 0 Å². The number of likely N-dealkylation sites (tertiary alicyclic amines) is 1. The number of hydrogen-bond donors (Lipinski definition) is 0. The minimum Gasteiger partial charge on any atom is -0.548 e. The molecule has 1 fully saturated rings. The van der Waals surface area contributed by atoms with E-state index in [2.05, 4.69) is 0 Å². The van der Waals surface area contributed by atoms with Crippen LogP contribution in [0.2, 0.25) is 0 Å². The Balaban J connectivity index is 2.42. The van der Waals surface area contributed by atoms with Gasteiger partial charge in [0.05, 0.1) is 33.5 Å². The Morgan fingerprint density at radius 3 is 2.09 bits per heavy atom. The second-order valence-electron chi connectivity index (χ2n) is 4.73. The van der Waals surface area contributed by atoms with Gasteiger partial charge in [0.15, 0.2) is 0 Å². The zero-order valence-corrected chi connectivity index (χ0v) is 11.1. The second kappa shape index (κ2) is 5.76. The lowest BCUT2D eigenvalue weighted by Crippen LogP contribution is -2.47. The third-order valence-electron chi connectivity index (χ3n) is 3.36. The number of hydrogen-bond acceptors (Lipinski definition) is 7. The molecule has 22 heavy (non-hydrogen) atoms. The van der Waals surface area contributed by atoms with E-state index in [1.165, 1.54) is 0 Å². The first-order valence-electron chi connectivity index (χ1n) is 6.27. The normalized spacial score (nSPS) is 17.3. The average Bonchev–Trinajstić information content (AvgIpc) is 2.95. The van der Waals surface area contributed by atoms with Crippen molar-refractivity contribution in [3.05, 3.63) is 44.0 Å². The fourth-order valence-corrected chi connectivity index (χ4v) is 2.35. The molecule has 1 amide bonds. The molecule has 1 aromatic carbocycles. The molecule has 116 valence electrons. The number of carboxylic acid groups (broad SMARTS) is 1. The maximum absolute atomic E-state index is 12.3. The van der Waals surface area contributed by atoms with Crippen molar-refractivity contribution in [2.75, 3.05) is 6.54 Å². The van der Waals surface area contributed by atoms with Gasteiger partial charge in [-0.05, 0) is 12.8 Å². The van der Waals surface area contributed by atoms with Crippen LogP contribution in [0.4, 0.5) is 11.4 Å². The Morgan fingerprint density at radius 1 is 1.09 bits per heavy atom. The molecule has 1 saturated heterocycles. The molecule has 10 heteroatoms. The van der Waals surface area contributed by atoms with Crippen LogP contribution in [0.1, 0.15) is 23.2 Å². The summed E-state index contributed by atoms with van der Waals surface area (Å²) in [6, 6.07) is 1.38. The number of aliphatic carboxylic acids is 1. The highest BCUT2D eigenvalue weighted by Gasteiger charge is 2.32. The van der Waals surface area contributed by atoms with Crippen LogP contribution >= 0.6 is 0 Å². The van der Waals surface area contributed by atoms with E-state index in [0.29, 0.717) is 6.42 Å². The topological polar surface area (TPSA) is 147 Å². The quantitative estimate of drug-likeness (QED) is 0.555. The fourth-order valence-electron chi connectivity index (χ4n) is 2.35. The van der Waals surface area contributed by atoms with E-state index in [9.17, 15) is 34.9 Å². The summed E-state index contributed by atoms with van der Waals surface area (Å²) in [4.78, 5) is 44.2. The van der Waals surface area contributed by atoms with Gasteiger partial charge in [0, 0.05) is 18.7 Å². The summed E-state index contributed by atoms with van der Waals surface area (Å²) in [5.41, 5.74) is -1.52. The van der Waals surface area contributed by atoms with E-state index in [0.717, 1.165) is 23.1 Å². The first-order valence-corrected chi connectivity index (χ1v) is 6.27. The van der Waals surface area contributed by atoms with Gasteiger partial charge < -0.3 is 14.8 Å². The van der Waals surface area contributed by atoms with E-state index < -0.39 is 39.1 Å². The first kappa shape index (κ1) is 15.4. The Labute approximate surface area is 123 Å². The van der Waals surface area contributed by atoms with Gasteiger partial charge in [-0.2, -0.15) is 0 Å². The van der Waals surface area contributed by atoms with Crippen LogP contribution in [0.3, 0.4) is 0 Å². The molecule has 10 nitrogen and oxygen atoms in total. The number of carbonyl (C=O) groups excluding carboxylic acids is 2. The lowest BCUT2D eigenvalue weighted by molar-refractivity contribution is -0.394. The minimum absolute atomic E-state index is 0.147. The molecule has 1 atom stereocenters. The number of carbonyl (C=O) groups is 2. The molecule has 0 spiro atoms. The largest absolute Gasteiger partial charge is 0.548 e. The highest BCUT2D eigenvalue weighted by Crippen LogP contribution is 2.26. The van der Waals surface area contributed by atoms with E-state index in [4.69, 9.17) is 0 Å². The van der Waals surface area contributed by atoms with Gasteiger partial charge in [-0.15, -0.1) is 0 Å². The maximum atomic E-state index is 12.3. The van der Waals surface area contributed by atoms with Crippen molar-refractivity contribution in [3.63, 3.8) is 0 Å². The van der Waals surface area contributed by atoms with Crippen LogP contribution in [0, 0.1) is 20.2 Å². The predicted octanol–water partition coefficient (Wildman–Crippen LogP) is -0.143. The summed E-state index contributed by atoms with van der Waals surface area (Å²) < 4.78 is 0. The monoisotopic (exact) mass is 308 g/mol. The molecule has 1 aromatic rings. The van der Waals surface area contributed by atoms with E-state index in [1.54, 1.807) is 0 Å². The third-order valence-corrected chi connectivity index (χ3v) is 3.36. The summed E-state index contributed by atoms with van der Waals surface area (Å²) in [6.07, 6.45) is 0.659. The van der Waals surface area contributed by atoms with Crippen molar-refractivity contribution in [1.82, 2.24) is 4.90 Å². The smallest absolute Gasteiger partial charge is 0.277 e. The summed E-state index contributed by atoms with van der Waals surface area (Å²) in [7, 11) is 0. The van der Waals surface area contributed by atoms with Crippen molar-refractivity contribution in [3.8, 4) is 0 Å². The molecule has 0 saturated carbocycles. The second-order valence-corrected chi connectivity index (χ2v) is 4.73. The number of non-ortho nitro benzene ring substituents is 2. The van der Waals surface area contributed by atoms with Crippen LogP contribution in [-0.2, 0) is 4.79 Å². The van der Waals surface area contributed by atoms with Crippen LogP contribution in [0.15, 0.2) is 18.2 Å². The number of carboxylic acids is 1. The molecule has 0 unspecified atom stereocenters. The average molecular weight is 308 g/mol. The lowest BCUT2D eigenvalue weighted by atomic mass is 10.1.